The van der Waals surface area contributed by atoms with Crippen LogP contribution in [-0.4, -0.2) is 42.0 Å². The lowest BCUT2D eigenvalue weighted by Crippen LogP contribution is -2.53. The number of carbonyl (C=O) groups excluding carboxylic acids is 1. The van der Waals surface area contributed by atoms with Crippen molar-refractivity contribution in [1.82, 2.24) is 10.2 Å². The molecule has 0 aliphatic carbocycles. The molecule has 0 radical (unpaired) electrons. The van der Waals surface area contributed by atoms with Gasteiger partial charge in [0, 0.05) is 31.6 Å². The summed E-state index contributed by atoms with van der Waals surface area (Å²) in [5, 5.41) is 2.98. The maximum absolute atomic E-state index is 10.9. The molecular weight excluding hydrogens is 226 g/mol. The van der Waals surface area contributed by atoms with Crippen molar-refractivity contribution in [3.05, 3.63) is 0 Å². The Bertz CT molecular complexity index is 228. The van der Waals surface area contributed by atoms with Gasteiger partial charge in [0.15, 0.2) is 0 Å². The predicted molar refractivity (Wildman–Crippen MR) is 68.8 cm³/mol. The molecule has 1 atom stereocenters. The average molecular weight is 250 g/mol. The molecule has 1 heterocycles. The first-order valence-electron chi connectivity index (χ1n) is 5.65. The van der Waals surface area contributed by atoms with Gasteiger partial charge in [0.25, 0.3) is 0 Å². The molecule has 3 N–H and O–H groups in total. The molecule has 5 heteroatoms. The lowest BCUT2D eigenvalue weighted by molar-refractivity contribution is -0.120. The zero-order valence-corrected chi connectivity index (χ0v) is 11.3. The van der Waals surface area contributed by atoms with E-state index in [1.807, 2.05) is 13.8 Å². The van der Waals surface area contributed by atoms with Crippen molar-refractivity contribution < 1.29 is 4.79 Å². The number of hydrogen-bond acceptors (Lipinski definition) is 3. The van der Waals surface area contributed by atoms with Gasteiger partial charge in [0.05, 0.1) is 0 Å². The van der Waals surface area contributed by atoms with Gasteiger partial charge in [-0.25, -0.2) is 0 Å². The number of nitrogens with one attached hydrogen (secondary N) is 1. The van der Waals surface area contributed by atoms with Gasteiger partial charge < -0.3 is 11.1 Å². The molecule has 0 aromatic heterocycles. The van der Waals surface area contributed by atoms with E-state index in [-0.39, 0.29) is 23.9 Å². The van der Waals surface area contributed by atoms with Crippen molar-refractivity contribution in [2.45, 2.75) is 45.2 Å². The Hall–Kier alpha value is -0.320. The SMILES string of the molecule is CC(=O)NC1CCCN(CC(C)(C)N)C1.Cl. The molecule has 1 rings (SSSR count). The maximum atomic E-state index is 10.9. The Morgan fingerprint density at radius 2 is 2.19 bits per heavy atom. The van der Waals surface area contributed by atoms with Gasteiger partial charge in [-0.05, 0) is 33.2 Å². The van der Waals surface area contributed by atoms with E-state index < -0.39 is 0 Å². The van der Waals surface area contributed by atoms with Crippen LogP contribution in [0.5, 0.6) is 0 Å². The van der Waals surface area contributed by atoms with Crippen molar-refractivity contribution in [1.29, 1.82) is 0 Å². The number of amides is 1. The molecule has 1 fully saturated rings. The molecule has 0 saturated carbocycles. The van der Waals surface area contributed by atoms with Crippen LogP contribution in [0.1, 0.15) is 33.6 Å². The van der Waals surface area contributed by atoms with E-state index in [4.69, 9.17) is 5.73 Å². The third kappa shape index (κ3) is 6.30. The maximum Gasteiger partial charge on any atom is 0.217 e. The van der Waals surface area contributed by atoms with Crippen molar-refractivity contribution in [2.24, 2.45) is 5.73 Å². The van der Waals surface area contributed by atoms with Gasteiger partial charge in [-0.15, -0.1) is 12.4 Å². The van der Waals surface area contributed by atoms with E-state index in [2.05, 4.69) is 10.2 Å². The van der Waals surface area contributed by atoms with E-state index in [1.54, 1.807) is 6.92 Å². The molecule has 4 nitrogen and oxygen atoms in total. The molecule has 1 unspecified atom stereocenters. The van der Waals surface area contributed by atoms with E-state index in [9.17, 15) is 4.79 Å². The van der Waals surface area contributed by atoms with E-state index in [0.29, 0.717) is 6.04 Å². The number of nitrogens with two attached hydrogens (primary N) is 1. The summed E-state index contributed by atoms with van der Waals surface area (Å²) in [6.45, 7) is 8.57. The quantitative estimate of drug-likeness (QED) is 0.776. The zero-order chi connectivity index (χ0) is 11.5. The highest BCUT2D eigenvalue weighted by Crippen LogP contribution is 2.12. The minimum Gasteiger partial charge on any atom is -0.352 e. The molecule has 1 aliphatic rings. The summed E-state index contributed by atoms with van der Waals surface area (Å²) in [7, 11) is 0. The number of piperidine rings is 1. The molecule has 16 heavy (non-hydrogen) atoms. The number of nitrogens with zero attached hydrogens (tertiary/aromatic N) is 1. The van der Waals surface area contributed by atoms with Crippen molar-refractivity contribution >= 4 is 18.3 Å². The number of carbonyl (C=O) groups is 1. The van der Waals surface area contributed by atoms with Crippen molar-refractivity contribution in [3.8, 4) is 0 Å². The second-order valence-electron chi connectivity index (χ2n) is 5.26. The summed E-state index contributed by atoms with van der Waals surface area (Å²) in [5.41, 5.74) is 5.83. The number of halogens is 1. The highest BCUT2D eigenvalue weighted by Gasteiger charge is 2.23. The fourth-order valence-electron chi connectivity index (χ4n) is 2.18. The summed E-state index contributed by atoms with van der Waals surface area (Å²) in [6.07, 6.45) is 2.22. The van der Waals surface area contributed by atoms with Gasteiger partial charge in [0.2, 0.25) is 5.91 Å². The lowest BCUT2D eigenvalue weighted by Gasteiger charge is -2.36. The van der Waals surface area contributed by atoms with Crippen molar-refractivity contribution in [2.75, 3.05) is 19.6 Å². The smallest absolute Gasteiger partial charge is 0.217 e. The second kappa shape index (κ2) is 6.42. The minimum absolute atomic E-state index is 0. The van der Waals surface area contributed by atoms with Crippen LogP contribution in [0.15, 0.2) is 0 Å². The topological polar surface area (TPSA) is 58.4 Å². The second-order valence-corrected chi connectivity index (χ2v) is 5.26. The Balaban J connectivity index is 0.00000225. The van der Waals surface area contributed by atoms with Crippen molar-refractivity contribution in [3.63, 3.8) is 0 Å². The summed E-state index contributed by atoms with van der Waals surface area (Å²) in [4.78, 5) is 13.3. The Morgan fingerprint density at radius 1 is 1.56 bits per heavy atom. The van der Waals surface area contributed by atoms with Crippen LogP contribution in [-0.2, 0) is 4.79 Å². The number of likely N-dealkylation sites (tertiary alicyclic amines) is 1. The van der Waals surface area contributed by atoms with Crippen LogP contribution in [0.3, 0.4) is 0 Å². The third-order valence-corrected chi connectivity index (χ3v) is 2.54. The van der Waals surface area contributed by atoms with Gasteiger partial charge >= 0.3 is 0 Å². The molecule has 1 saturated heterocycles. The fraction of sp³-hybridized carbons (Fsp3) is 0.909. The van der Waals surface area contributed by atoms with E-state index in [0.717, 1.165) is 32.5 Å². The van der Waals surface area contributed by atoms with Crippen LogP contribution in [0.25, 0.3) is 0 Å². The normalized spacial score (nSPS) is 22.4. The first-order valence-corrected chi connectivity index (χ1v) is 5.65. The fourth-order valence-corrected chi connectivity index (χ4v) is 2.18. The van der Waals surface area contributed by atoms with Crippen LogP contribution in [0, 0.1) is 0 Å². The first-order chi connectivity index (χ1) is 6.87. The van der Waals surface area contributed by atoms with E-state index in [1.165, 1.54) is 0 Å². The van der Waals surface area contributed by atoms with Crippen LogP contribution in [0.2, 0.25) is 0 Å². The summed E-state index contributed by atoms with van der Waals surface area (Å²) >= 11 is 0. The van der Waals surface area contributed by atoms with Gasteiger partial charge in [0.1, 0.15) is 0 Å². The molecule has 0 aromatic carbocycles. The molecular formula is C11H24ClN3O. The van der Waals surface area contributed by atoms with Gasteiger partial charge in [-0.2, -0.15) is 0 Å². The summed E-state index contributed by atoms with van der Waals surface area (Å²) in [5.74, 6) is 0.0638. The molecule has 0 aromatic rings. The van der Waals surface area contributed by atoms with Crippen LogP contribution < -0.4 is 11.1 Å². The van der Waals surface area contributed by atoms with Crippen LogP contribution >= 0.6 is 12.4 Å². The lowest BCUT2D eigenvalue weighted by atomic mass is 10.0. The number of rotatable bonds is 3. The zero-order valence-electron chi connectivity index (χ0n) is 10.5. The molecule has 1 amide bonds. The molecule has 1 aliphatic heterocycles. The Kier molecular flexibility index (Phi) is 6.30. The number of hydrogen-bond donors (Lipinski definition) is 2. The first kappa shape index (κ1) is 15.7. The predicted octanol–water partition coefficient (Wildman–Crippen LogP) is 0.746. The van der Waals surface area contributed by atoms with Crippen LogP contribution in [0.4, 0.5) is 0 Å². The standard InChI is InChI=1S/C11H23N3O.ClH/c1-9(15)13-10-5-4-6-14(7-10)8-11(2,3)12;/h10H,4-8,12H2,1-3H3,(H,13,15);1H. The Labute approximate surface area is 104 Å². The molecule has 96 valence electrons. The Morgan fingerprint density at radius 3 is 2.69 bits per heavy atom. The highest BCUT2D eigenvalue weighted by molar-refractivity contribution is 5.85. The largest absolute Gasteiger partial charge is 0.352 e. The third-order valence-electron chi connectivity index (χ3n) is 2.54. The van der Waals surface area contributed by atoms with Gasteiger partial charge in [-0.1, -0.05) is 0 Å². The minimum atomic E-state index is -0.155. The summed E-state index contributed by atoms with van der Waals surface area (Å²) < 4.78 is 0. The molecule has 0 spiro atoms. The summed E-state index contributed by atoms with van der Waals surface area (Å²) in [6, 6.07) is 0.304. The molecule has 0 bridgehead atoms. The highest BCUT2D eigenvalue weighted by atomic mass is 35.5. The van der Waals surface area contributed by atoms with Gasteiger partial charge in [-0.3, -0.25) is 9.69 Å². The monoisotopic (exact) mass is 249 g/mol. The van der Waals surface area contributed by atoms with E-state index >= 15 is 0 Å². The average Bonchev–Trinajstić information content (AvgIpc) is 1.99.